The smallest absolute Gasteiger partial charge is 0.204 e. The molecule has 1 unspecified atom stereocenters. The van der Waals surface area contributed by atoms with Crippen LogP contribution in [0.3, 0.4) is 0 Å². The van der Waals surface area contributed by atoms with Crippen LogP contribution in [0.25, 0.3) is 11.2 Å². The van der Waals surface area contributed by atoms with Crippen molar-refractivity contribution in [1.29, 1.82) is 0 Å². The molecule has 0 spiro atoms. The number of anilines is 1. The number of hydrogen-bond donors (Lipinski definition) is 2. The number of fused-ring (bicyclic) bond motifs is 1. The van der Waals surface area contributed by atoms with Crippen molar-refractivity contribution in [2.45, 2.75) is 29.7 Å². The summed E-state index contributed by atoms with van der Waals surface area (Å²) in [5.41, 5.74) is 9.90. The van der Waals surface area contributed by atoms with E-state index in [1.54, 1.807) is 11.8 Å². The number of nitrogen functional groups attached to an aromatic ring is 1. The molecule has 4 aromatic rings. The van der Waals surface area contributed by atoms with E-state index in [4.69, 9.17) is 10.5 Å². The molecule has 2 aromatic carbocycles. The number of nitrogens with one attached hydrogen (secondary N) is 1. The first-order valence-electron chi connectivity index (χ1n) is 10.4. The molecular formula is C23H24N6OS. The van der Waals surface area contributed by atoms with Crippen LogP contribution >= 0.6 is 11.8 Å². The van der Waals surface area contributed by atoms with Gasteiger partial charge in [-0.15, -0.1) is 16.9 Å². The predicted octanol–water partition coefficient (Wildman–Crippen LogP) is 3.88. The van der Waals surface area contributed by atoms with Crippen molar-refractivity contribution in [2.24, 2.45) is 0 Å². The van der Waals surface area contributed by atoms with Crippen LogP contribution < -0.4 is 10.5 Å². The quantitative estimate of drug-likeness (QED) is 0.428. The molecule has 2 aromatic heterocycles. The highest BCUT2D eigenvalue weighted by molar-refractivity contribution is 7.98. The van der Waals surface area contributed by atoms with Gasteiger partial charge in [0.25, 0.3) is 0 Å². The minimum atomic E-state index is 0.240. The number of hydrogen-bond acceptors (Lipinski definition) is 7. The lowest BCUT2D eigenvalue weighted by molar-refractivity contribution is 0.198. The van der Waals surface area contributed by atoms with Crippen molar-refractivity contribution in [2.75, 3.05) is 18.8 Å². The molecule has 1 fully saturated rings. The van der Waals surface area contributed by atoms with Gasteiger partial charge in [0.15, 0.2) is 0 Å². The van der Waals surface area contributed by atoms with Crippen molar-refractivity contribution < 1.29 is 4.74 Å². The molecule has 1 aliphatic rings. The Morgan fingerprint density at radius 2 is 1.87 bits per heavy atom. The zero-order chi connectivity index (χ0) is 21.0. The lowest BCUT2D eigenvalue weighted by atomic mass is 10.1. The van der Waals surface area contributed by atoms with Crippen LogP contribution in [-0.4, -0.2) is 44.5 Å². The third-order valence-corrected chi connectivity index (χ3v) is 6.53. The van der Waals surface area contributed by atoms with Crippen LogP contribution in [0.4, 0.5) is 5.82 Å². The number of likely N-dealkylation sites (tertiary alicyclic amines) is 1. The van der Waals surface area contributed by atoms with E-state index in [1.165, 1.54) is 11.1 Å². The Hall–Kier alpha value is -3.10. The summed E-state index contributed by atoms with van der Waals surface area (Å²) in [5.74, 6) is 2.24. The predicted molar refractivity (Wildman–Crippen MR) is 123 cm³/mol. The number of benzene rings is 2. The summed E-state index contributed by atoms with van der Waals surface area (Å²) in [6.07, 6.45) is 1.29. The second-order valence-corrected chi connectivity index (χ2v) is 8.69. The number of ether oxygens (including phenoxy) is 1. The second-order valence-electron chi connectivity index (χ2n) is 7.68. The molecule has 0 radical (unpaired) electrons. The number of nitrogens with two attached hydrogens (primary N) is 1. The zero-order valence-corrected chi connectivity index (χ0v) is 17.9. The highest BCUT2D eigenvalue weighted by Crippen LogP contribution is 2.30. The normalized spacial score (nSPS) is 16.7. The highest BCUT2D eigenvalue weighted by atomic mass is 32.2. The minimum Gasteiger partial charge on any atom is -0.489 e. The molecule has 5 rings (SSSR count). The summed E-state index contributed by atoms with van der Waals surface area (Å²) in [7, 11) is 0. The largest absolute Gasteiger partial charge is 0.489 e. The average Bonchev–Trinajstić information content (AvgIpc) is 3.43. The molecule has 31 heavy (non-hydrogen) atoms. The number of aromatic nitrogens is 4. The van der Waals surface area contributed by atoms with Gasteiger partial charge in [0.05, 0.1) is 0 Å². The molecule has 0 saturated carbocycles. The van der Waals surface area contributed by atoms with Gasteiger partial charge in [-0.2, -0.15) is 10.3 Å². The van der Waals surface area contributed by atoms with E-state index >= 15 is 0 Å². The van der Waals surface area contributed by atoms with Gasteiger partial charge in [-0.05, 0) is 35.7 Å². The Morgan fingerprint density at radius 3 is 2.74 bits per heavy atom. The molecule has 7 nitrogen and oxygen atoms in total. The van der Waals surface area contributed by atoms with Crippen LogP contribution in [0, 0.1) is 0 Å². The monoisotopic (exact) mass is 432 g/mol. The van der Waals surface area contributed by atoms with Crippen molar-refractivity contribution in [1.82, 2.24) is 25.3 Å². The van der Waals surface area contributed by atoms with E-state index < -0.39 is 0 Å². The molecule has 1 saturated heterocycles. The number of H-pyrrole nitrogens is 1. The van der Waals surface area contributed by atoms with Gasteiger partial charge in [0, 0.05) is 30.3 Å². The molecule has 8 heteroatoms. The molecule has 0 bridgehead atoms. The van der Waals surface area contributed by atoms with Crippen molar-refractivity contribution in [3.63, 3.8) is 0 Å². The average molecular weight is 433 g/mol. The van der Waals surface area contributed by atoms with Gasteiger partial charge in [-0.25, -0.2) is 4.98 Å². The van der Waals surface area contributed by atoms with E-state index in [2.05, 4.69) is 49.6 Å². The Morgan fingerprint density at radius 1 is 1.06 bits per heavy atom. The van der Waals surface area contributed by atoms with Gasteiger partial charge >= 0.3 is 0 Å². The standard InChI is InChI=1S/C23H24N6OS/c24-21-12-20(22-23(25-21)27-28-26-22)31-15-17-7-5-4-6-16(17)13-29-11-10-19(14-29)30-18-8-2-1-3-9-18/h1-9,12,19H,10-11,13-15H2,(H3,24,25,26,27,28). The summed E-state index contributed by atoms with van der Waals surface area (Å²) in [4.78, 5) is 7.67. The van der Waals surface area contributed by atoms with E-state index in [-0.39, 0.29) is 6.10 Å². The SMILES string of the molecule is Nc1cc(SCc2ccccc2CN2CCC(Oc3ccccc3)C2)c2n[nH]nc2n1. The van der Waals surface area contributed by atoms with Gasteiger partial charge in [-0.3, -0.25) is 4.90 Å². The van der Waals surface area contributed by atoms with E-state index in [9.17, 15) is 0 Å². The van der Waals surface area contributed by atoms with Gasteiger partial charge < -0.3 is 10.5 Å². The summed E-state index contributed by atoms with van der Waals surface area (Å²) in [5, 5.41) is 10.9. The highest BCUT2D eigenvalue weighted by Gasteiger charge is 2.24. The molecule has 0 amide bonds. The number of para-hydroxylation sites is 1. The Balaban J connectivity index is 1.24. The number of aromatic amines is 1. The number of thioether (sulfide) groups is 1. The fourth-order valence-electron chi connectivity index (χ4n) is 3.91. The van der Waals surface area contributed by atoms with Crippen molar-refractivity contribution in [3.05, 3.63) is 71.8 Å². The molecule has 0 aliphatic carbocycles. The van der Waals surface area contributed by atoms with Crippen molar-refractivity contribution in [3.8, 4) is 5.75 Å². The molecule has 158 valence electrons. The van der Waals surface area contributed by atoms with Crippen LogP contribution in [0.2, 0.25) is 0 Å². The van der Waals surface area contributed by atoms with Gasteiger partial charge in [-0.1, -0.05) is 42.5 Å². The van der Waals surface area contributed by atoms with Crippen LogP contribution in [-0.2, 0) is 12.3 Å². The molecule has 1 aliphatic heterocycles. The van der Waals surface area contributed by atoms with E-state index in [1.807, 2.05) is 36.4 Å². The maximum absolute atomic E-state index is 6.14. The second kappa shape index (κ2) is 8.95. The van der Waals surface area contributed by atoms with Crippen molar-refractivity contribution >= 4 is 28.7 Å². The van der Waals surface area contributed by atoms with Gasteiger partial charge in [0.1, 0.15) is 23.2 Å². The molecular weight excluding hydrogens is 408 g/mol. The summed E-state index contributed by atoms with van der Waals surface area (Å²) in [6, 6.07) is 20.6. The third kappa shape index (κ3) is 4.65. The topological polar surface area (TPSA) is 92.9 Å². The first-order valence-corrected chi connectivity index (χ1v) is 11.3. The lowest BCUT2D eigenvalue weighted by Crippen LogP contribution is -2.25. The number of pyridine rings is 1. The Bertz CT molecular complexity index is 1170. The molecule has 1 atom stereocenters. The summed E-state index contributed by atoms with van der Waals surface area (Å²) >= 11 is 1.71. The lowest BCUT2D eigenvalue weighted by Gasteiger charge is -2.19. The Kier molecular flexibility index (Phi) is 5.73. The first-order chi connectivity index (χ1) is 15.2. The maximum atomic E-state index is 6.14. The fourth-order valence-corrected chi connectivity index (χ4v) is 4.98. The van der Waals surface area contributed by atoms with E-state index in [0.717, 1.165) is 48.0 Å². The summed E-state index contributed by atoms with van der Waals surface area (Å²) < 4.78 is 6.14. The zero-order valence-electron chi connectivity index (χ0n) is 17.1. The Labute approximate surface area is 185 Å². The van der Waals surface area contributed by atoms with E-state index in [0.29, 0.717) is 11.5 Å². The third-order valence-electron chi connectivity index (χ3n) is 5.45. The molecule has 3 heterocycles. The minimum absolute atomic E-state index is 0.240. The maximum Gasteiger partial charge on any atom is 0.204 e. The van der Waals surface area contributed by atoms with Crippen LogP contribution in [0.1, 0.15) is 17.5 Å². The molecule has 3 N–H and O–H groups in total. The fraction of sp³-hybridized carbons (Fsp3) is 0.261. The van der Waals surface area contributed by atoms with Gasteiger partial charge in [0.2, 0.25) is 5.65 Å². The van der Waals surface area contributed by atoms with Crippen LogP contribution in [0.15, 0.2) is 65.6 Å². The van der Waals surface area contributed by atoms with Crippen LogP contribution in [0.5, 0.6) is 5.75 Å². The summed E-state index contributed by atoms with van der Waals surface area (Å²) in [6.45, 7) is 2.90. The first kappa shape index (κ1) is 19.8. The number of nitrogens with zero attached hydrogens (tertiary/aromatic N) is 4. The number of rotatable bonds is 7.